The van der Waals surface area contributed by atoms with E-state index in [0.29, 0.717) is 30.6 Å². The van der Waals surface area contributed by atoms with Gasteiger partial charge in [0.15, 0.2) is 0 Å². The molecule has 0 aliphatic heterocycles. The zero-order valence-electron chi connectivity index (χ0n) is 19.8. The summed E-state index contributed by atoms with van der Waals surface area (Å²) in [5.74, 6) is 1.55. The first kappa shape index (κ1) is 23.9. The first-order valence-electron chi connectivity index (χ1n) is 12.6. The van der Waals surface area contributed by atoms with Crippen LogP contribution in [-0.4, -0.2) is 45.3 Å². The van der Waals surface area contributed by atoms with E-state index in [2.05, 4.69) is 38.7 Å². The van der Waals surface area contributed by atoms with Crippen LogP contribution in [-0.2, 0) is 0 Å². The molecule has 4 saturated carbocycles. The van der Waals surface area contributed by atoms with Gasteiger partial charge in [0.1, 0.15) is 0 Å². The number of aliphatic hydroxyl groups is 4. The number of fused-ring (bicyclic) bond motifs is 1. The van der Waals surface area contributed by atoms with Gasteiger partial charge < -0.3 is 20.4 Å². The van der Waals surface area contributed by atoms with Gasteiger partial charge in [-0.05, 0) is 85.7 Å². The summed E-state index contributed by atoms with van der Waals surface area (Å²) in [5.41, 5.74) is 3.22. The van der Waals surface area contributed by atoms with Crippen LogP contribution < -0.4 is 0 Å². The Morgan fingerprint density at radius 2 is 1.88 bits per heavy atom. The lowest BCUT2D eigenvalue weighted by atomic mass is 9.61. The average molecular weight is 443 g/mol. The molecule has 4 rings (SSSR count). The molecule has 0 radical (unpaired) electrons. The summed E-state index contributed by atoms with van der Waals surface area (Å²) in [5, 5.41) is 40.3. The molecule has 4 aliphatic carbocycles. The zero-order chi connectivity index (χ0) is 23.1. The molecule has 0 saturated heterocycles. The predicted molar refractivity (Wildman–Crippen MR) is 128 cm³/mol. The van der Waals surface area contributed by atoms with Crippen LogP contribution in [0.5, 0.6) is 0 Å². The van der Waals surface area contributed by atoms with E-state index in [9.17, 15) is 20.4 Å². The number of rotatable bonds is 6. The summed E-state index contributed by atoms with van der Waals surface area (Å²) in [4.78, 5) is 0. The number of aliphatic hydroxyl groups excluding tert-OH is 4. The van der Waals surface area contributed by atoms with Crippen LogP contribution in [0.1, 0.15) is 71.6 Å². The zero-order valence-corrected chi connectivity index (χ0v) is 19.8. The minimum Gasteiger partial charge on any atom is -0.396 e. The Morgan fingerprint density at radius 3 is 2.56 bits per heavy atom. The molecular weight excluding hydrogens is 400 g/mol. The van der Waals surface area contributed by atoms with Crippen LogP contribution in [0.15, 0.2) is 47.6 Å². The molecule has 0 aromatic heterocycles. The fraction of sp³-hybridized carbons (Fsp3) is 0.714. The third-order valence-corrected chi connectivity index (χ3v) is 9.37. The van der Waals surface area contributed by atoms with Crippen LogP contribution in [0.4, 0.5) is 0 Å². The molecule has 4 N–H and O–H groups in total. The van der Waals surface area contributed by atoms with E-state index in [0.717, 1.165) is 30.4 Å². The molecule has 4 nitrogen and oxygen atoms in total. The van der Waals surface area contributed by atoms with Gasteiger partial charge in [-0.25, -0.2) is 0 Å². The van der Waals surface area contributed by atoms with Gasteiger partial charge in [-0.2, -0.15) is 0 Å². The Labute approximate surface area is 193 Å². The highest BCUT2D eigenvalue weighted by atomic mass is 16.3. The smallest absolute Gasteiger partial charge is 0.0811 e. The van der Waals surface area contributed by atoms with Crippen molar-refractivity contribution in [1.82, 2.24) is 0 Å². The summed E-state index contributed by atoms with van der Waals surface area (Å²) < 4.78 is 0. The van der Waals surface area contributed by atoms with Gasteiger partial charge in [0.05, 0.1) is 24.9 Å². The highest BCUT2D eigenvalue weighted by Gasteiger charge is 2.51. The van der Waals surface area contributed by atoms with Crippen LogP contribution >= 0.6 is 0 Å². The summed E-state index contributed by atoms with van der Waals surface area (Å²) in [6.07, 6.45) is 15.6. The first-order chi connectivity index (χ1) is 15.2. The Kier molecular flexibility index (Phi) is 6.89. The monoisotopic (exact) mass is 442 g/mol. The lowest BCUT2D eigenvalue weighted by Gasteiger charge is -2.44. The molecule has 0 spiro atoms. The highest BCUT2D eigenvalue weighted by molar-refractivity contribution is 5.38. The maximum Gasteiger partial charge on any atom is 0.0811 e. The van der Waals surface area contributed by atoms with Crippen molar-refractivity contribution in [2.45, 2.75) is 89.9 Å². The van der Waals surface area contributed by atoms with Gasteiger partial charge in [-0.3, -0.25) is 0 Å². The third-order valence-electron chi connectivity index (χ3n) is 9.37. The summed E-state index contributed by atoms with van der Waals surface area (Å²) >= 11 is 0. The van der Waals surface area contributed by atoms with Crippen molar-refractivity contribution in [3.05, 3.63) is 47.6 Å². The van der Waals surface area contributed by atoms with Crippen LogP contribution in [0.25, 0.3) is 0 Å². The minimum atomic E-state index is -0.639. The molecular formula is C28H42O4. The fourth-order valence-electron chi connectivity index (χ4n) is 6.93. The van der Waals surface area contributed by atoms with E-state index in [1.54, 1.807) is 0 Å². The summed E-state index contributed by atoms with van der Waals surface area (Å²) in [6, 6.07) is 0. The van der Waals surface area contributed by atoms with E-state index in [1.165, 1.54) is 31.3 Å². The largest absolute Gasteiger partial charge is 0.396 e. The van der Waals surface area contributed by atoms with E-state index < -0.39 is 18.3 Å². The molecule has 7 atom stereocenters. The number of hydrogen-bond acceptors (Lipinski definition) is 4. The topological polar surface area (TPSA) is 80.9 Å². The Hall–Kier alpha value is -1.20. The third kappa shape index (κ3) is 4.44. The van der Waals surface area contributed by atoms with Crippen molar-refractivity contribution in [2.24, 2.45) is 28.6 Å². The van der Waals surface area contributed by atoms with Gasteiger partial charge in [0.2, 0.25) is 0 Å². The summed E-state index contributed by atoms with van der Waals surface area (Å²) in [7, 11) is 0. The van der Waals surface area contributed by atoms with Crippen LogP contribution in [0, 0.1) is 28.6 Å². The van der Waals surface area contributed by atoms with Crippen molar-refractivity contribution in [1.29, 1.82) is 0 Å². The maximum atomic E-state index is 10.5. The standard InChI is InChI=1S/C28H42O4/c1-18(6-11-26(32)28(17-29)13-14-28)23-9-10-24-20(5-4-12-27(23,24)3)7-8-21-15-22(30)16-25(31)19(21)2/h6-8,11,18,22-26,29-32H,2,4-5,9-10,12-17H2,1,3H3/t18-,22-,23-,24+,25+,26+,27-/m1/s1. The average Bonchev–Trinajstić information content (AvgIpc) is 3.48. The second kappa shape index (κ2) is 9.21. The Morgan fingerprint density at radius 1 is 1.12 bits per heavy atom. The second-order valence-electron chi connectivity index (χ2n) is 11.4. The van der Waals surface area contributed by atoms with E-state index in [-0.39, 0.29) is 17.4 Å². The van der Waals surface area contributed by atoms with E-state index in [1.807, 2.05) is 6.08 Å². The molecule has 4 aliphatic rings. The number of allylic oxidation sites excluding steroid dienone is 4. The normalized spacial score (nSPS) is 41.2. The predicted octanol–water partition coefficient (Wildman–Crippen LogP) is 4.45. The van der Waals surface area contributed by atoms with E-state index in [4.69, 9.17) is 0 Å². The lowest BCUT2D eigenvalue weighted by Crippen LogP contribution is -2.35. The molecule has 32 heavy (non-hydrogen) atoms. The van der Waals surface area contributed by atoms with Gasteiger partial charge in [-0.1, -0.05) is 50.3 Å². The van der Waals surface area contributed by atoms with Crippen LogP contribution in [0.2, 0.25) is 0 Å². The van der Waals surface area contributed by atoms with Crippen molar-refractivity contribution in [2.75, 3.05) is 6.61 Å². The molecule has 0 aromatic rings. The molecule has 0 bridgehead atoms. The minimum absolute atomic E-state index is 0.0697. The molecule has 0 heterocycles. The molecule has 0 amide bonds. The Balaban J connectivity index is 1.47. The molecule has 4 heteroatoms. The quantitative estimate of drug-likeness (QED) is 0.458. The fourth-order valence-corrected chi connectivity index (χ4v) is 6.93. The van der Waals surface area contributed by atoms with E-state index >= 15 is 0 Å². The highest BCUT2D eigenvalue weighted by Crippen LogP contribution is 2.59. The maximum absolute atomic E-state index is 10.5. The Bertz CT molecular complexity index is 804. The van der Waals surface area contributed by atoms with Crippen molar-refractivity contribution < 1.29 is 20.4 Å². The van der Waals surface area contributed by atoms with Crippen molar-refractivity contribution in [3.63, 3.8) is 0 Å². The lowest BCUT2D eigenvalue weighted by molar-refractivity contribution is 0.0820. The van der Waals surface area contributed by atoms with Gasteiger partial charge in [0.25, 0.3) is 0 Å². The molecule has 178 valence electrons. The molecule has 4 fully saturated rings. The number of hydrogen-bond donors (Lipinski definition) is 4. The van der Waals surface area contributed by atoms with Crippen molar-refractivity contribution >= 4 is 0 Å². The van der Waals surface area contributed by atoms with Crippen molar-refractivity contribution in [3.8, 4) is 0 Å². The van der Waals surface area contributed by atoms with Gasteiger partial charge in [-0.15, -0.1) is 0 Å². The SMILES string of the molecule is C=C1C(=CC=C2CCC[C@]3(C)[C@@H]([C@H](C)C=C[C@H](O)C4(CO)CC4)CC[C@@H]23)C[C@@H](O)C[C@@H]1O. The second-order valence-corrected chi connectivity index (χ2v) is 11.4. The van der Waals surface area contributed by atoms with Gasteiger partial charge in [0, 0.05) is 11.8 Å². The molecule has 0 aromatic carbocycles. The first-order valence-corrected chi connectivity index (χ1v) is 12.6. The van der Waals surface area contributed by atoms with Gasteiger partial charge >= 0.3 is 0 Å². The van der Waals surface area contributed by atoms with Crippen LogP contribution in [0.3, 0.4) is 0 Å². The summed E-state index contributed by atoms with van der Waals surface area (Å²) in [6.45, 7) is 8.86. The molecule has 0 unspecified atom stereocenters.